The van der Waals surface area contributed by atoms with Crippen molar-refractivity contribution in [1.29, 1.82) is 0 Å². The van der Waals surface area contributed by atoms with Gasteiger partial charge in [-0.25, -0.2) is 4.39 Å². The Morgan fingerprint density at radius 2 is 1.94 bits per heavy atom. The van der Waals surface area contributed by atoms with E-state index in [-0.39, 0.29) is 5.82 Å². The second-order valence-electron chi connectivity index (χ2n) is 4.96. The van der Waals surface area contributed by atoms with Crippen molar-refractivity contribution in [2.75, 3.05) is 13.1 Å². The molecule has 0 spiro atoms. The number of rotatable bonds is 7. The second kappa shape index (κ2) is 7.41. The van der Waals surface area contributed by atoms with E-state index in [2.05, 4.69) is 31.4 Å². The van der Waals surface area contributed by atoms with Gasteiger partial charge in [0.25, 0.3) is 0 Å². The molecule has 1 aromatic carbocycles. The lowest BCUT2D eigenvalue weighted by atomic mass is 10.2. The first-order valence-electron chi connectivity index (χ1n) is 6.26. The van der Waals surface area contributed by atoms with Gasteiger partial charge in [-0.1, -0.05) is 26.0 Å². The van der Waals surface area contributed by atoms with E-state index in [1.165, 1.54) is 6.07 Å². The van der Waals surface area contributed by atoms with Crippen molar-refractivity contribution in [2.24, 2.45) is 5.92 Å². The predicted molar refractivity (Wildman–Crippen MR) is 70.4 cm³/mol. The molecule has 2 N–H and O–H groups in total. The fourth-order valence-electron chi connectivity index (χ4n) is 1.60. The van der Waals surface area contributed by atoms with Crippen molar-refractivity contribution in [3.8, 4) is 0 Å². The minimum atomic E-state index is -0.171. The fourth-order valence-corrected chi connectivity index (χ4v) is 1.60. The quantitative estimate of drug-likeness (QED) is 0.763. The normalized spacial score (nSPS) is 13.0. The Morgan fingerprint density at radius 1 is 1.18 bits per heavy atom. The van der Waals surface area contributed by atoms with E-state index in [0.717, 1.165) is 18.7 Å². The molecule has 1 unspecified atom stereocenters. The van der Waals surface area contributed by atoms with E-state index in [9.17, 15) is 4.39 Å². The molecule has 0 aliphatic carbocycles. The fraction of sp³-hybridized carbons (Fsp3) is 0.571. The van der Waals surface area contributed by atoms with Gasteiger partial charge in [0.2, 0.25) is 0 Å². The molecular formula is C14H23FN2. The number of hydrogen-bond acceptors (Lipinski definition) is 2. The van der Waals surface area contributed by atoms with E-state index in [0.29, 0.717) is 18.5 Å². The van der Waals surface area contributed by atoms with Gasteiger partial charge in [0.15, 0.2) is 0 Å². The lowest BCUT2D eigenvalue weighted by molar-refractivity contribution is 0.471. The zero-order valence-electron chi connectivity index (χ0n) is 11.0. The van der Waals surface area contributed by atoms with Gasteiger partial charge >= 0.3 is 0 Å². The molecule has 96 valence electrons. The number of benzene rings is 1. The summed E-state index contributed by atoms with van der Waals surface area (Å²) in [5, 5.41) is 6.77. The van der Waals surface area contributed by atoms with Gasteiger partial charge in [-0.2, -0.15) is 0 Å². The van der Waals surface area contributed by atoms with Gasteiger partial charge in [-0.05, 0) is 37.1 Å². The first-order valence-corrected chi connectivity index (χ1v) is 6.26. The summed E-state index contributed by atoms with van der Waals surface area (Å²) in [5.41, 5.74) is 0.987. The third-order valence-corrected chi connectivity index (χ3v) is 2.55. The Kier molecular flexibility index (Phi) is 6.16. The van der Waals surface area contributed by atoms with Crippen LogP contribution in [0.2, 0.25) is 0 Å². The average Bonchev–Trinajstić information content (AvgIpc) is 2.26. The maximum atomic E-state index is 12.9. The SMILES string of the molecule is CC(C)CNCC(C)NCc1cccc(F)c1. The molecule has 0 aromatic heterocycles. The van der Waals surface area contributed by atoms with E-state index in [1.807, 2.05) is 6.07 Å². The molecule has 0 bridgehead atoms. The Hall–Kier alpha value is -0.930. The summed E-state index contributed by atoms with van der Waals surface area (Å²) in [6.45, 7) is 9.20. The molecule has 0 aliphatic heterocycles. The Labute approximate surface area is 104 Å². The van der Waals surface area contributed by atoms with Crippen molar-refractivity contribution < 1.29 is 4.39 Å². The van der Waals surface area contributed by atoms with Crippen molar-refractivity contribution >= 4 is 0 Å². The van der Waals surface area contributed by atoms with Gasteiger partial charge in [0, 0.05) is 19.1 Å². The third-order valence-electron chi connectivity index (χ3n) is 2.55. The van der Waals surface area contributed by atoms with Gasteiger partial charge < -0.3 is 10.6 Å². The van der Waals surface area contributed by atoms with Crippen LogP contribution >= 0.6 is 0 Å². The van der Waals surface area contributed by atoms with Crippen LogP contribution in [-0.2, 0) is 6.54 Å². The molecule has 0 heterocycles. The monoisotopic (exact) mass is 238 g/mol. The van der Waals surface area contributed by atoms with Gasteiger partial charge in [-0.15, -0.1) is 0 Å². The highest BCUT2D eigenvalue weighted by atomic mass is 19.1. The van der Waals surface area contributed by atoms with Crippen LogP contribution in [0.15, 0.2) is 24.3 Å². The van der Waals surface area contributed by atoms with Crippen molar-refractivity contribution in [3.05, 3.63) is 35.6 Å². The van der Waals surface area contributed by atoms with Crippen molar-refractivity contribution in [3.63, 3.8) is 0 Å². The summed E-state index contributed by atoms with van der Waals surface area (Å²) in [6.07, 6.45) is 0. The Bertz CT molecular complexity index is 326. The van der Waals surface area contributed by atoms with Crippen LogP contribution in [0.1, 0.15) is 26.3 Å². The molecule has 1 atom stereocenters. The maximum Gasteiger partial charge on any atom is 0.123 e. The van der Waals surface area contributed by atoms with Crippen LogP contribution in [0, 0.1) is 11.7 Å². The summed E-state index contributed by atoms with van der Waals surface area (Å²) in [4.78, 5) is 0. The lowest BCUT2D eigenvalue weighted by Gasteiger charge is -2.15. The highest BCUT2D eigenvalue weighted by Crippen LogP contribution is 2.03. The molecule has 0 saturated heterocycles. The highest BCUT2D eigenvalue weighted by Gasteiger charge is 2.02. The Balaban J connectivity index is 2.21. The molecule has 0 aliphatic rings. The molecule has 0 saturated carbocycles. The molecule has 2 nitrogen and oxygen atoms in total. The maximum absolute atomic E-state index is 12.9. The van der Waals surface area contributed by atoms with Gasteiger partial charge in [0.05, 0.1) is 0 Å². The number of halogens is 1. The van der Waals surface area contributed by atoms with Gasteiger partial charge in [0.1, 0.15) is 5.82 Å². The standard InChI is InChI=1S/C14H23FN2/c1-11(2)8-16-9-12(3)17-10-13-5-4-6-14(15)7-13/h4-7,11-12,16-17H,8-10H2,1-3H3. The molecule has 3 heteroatoms. The minimum Gasteiger partial charge on any atom is -0.315 e. The zero-order chi connectivity index (χ0) is 12.7. The van der Waals surface area contributed by atoms with Crippen molar-refractivity contribution in [2.45, 2.75) is 33.4 Å². The summed E-state index contributed by atoms with van der Waals surface area (Å²) >= 11 is 0. The molecule has 0 fully saturated rings. The molecule has 1 rings (SSSR count). The van der Waals surface area contributed by atoms with E-state index in [1.54, 1.807) is 12.1 Å². The van der Waals surface area contributed by atoms with Crippen LogP contribution in [-0.4, -0.2) is 19.1 Å². The third kappa shape index (κ3) is 6.39. The summed E-state index contributed by atoms with van der Waals surface area (Å²) in [6, 6.07) is 7.11. The molecule has 0 amide bonds. The molecule has 0 radical (unpaired) electrons. The van der Waals surface area contributed by atoms with E-state index in [4.69, 9.17) is 0 Å². The van der Waals surface area contributed by atoms with Crippen LogP contribution in [0.4, 0.5) is 4.39 Å². The van der Waals surface area contributed by atoms with Crippen LogP contribution < -0.4 is 10.6 Å². The molecule has 1 aromatic rings. The van der Waals surface area contributed by atoms with E-state index < -0.39 is 0 Å². The largest absolute Gasteiger partial charge is 0.315 e. The predicted octanol–water partition coefficient (Wildman–Crippen LogP) is 2.55. The van der Waals surface area contributed by atoms with Crippen LogP contribution in [0.25, 0.3) is 0 Å². The minimum absolute atomic E-state index is 0.171. The highest BCUT2D eigenvalue weighted by molar-refractivity contribution is 5.16. The van der Waals surface area contributed by atoms with Crippen LogP contribution in [0.3, 0.4) is 0 Å². The number of nitrogens with one attached hydrogen (secondary N) is 2. The first-order chi connectivity index (χ1) is 8.08. The number of hydrogen-bond donors (Lipinski definition) is 2. The summed E-state index contributed by atoms with van der Waals surface area (Å²) in [5.74, 6) is 0.500. The summed E-state index contributed by atoms with van der Waals surface area (Å²) in [7, 11) is 0. The van der Waals surface area contributed by atoms with E-state index >= 15 is 0 Å². The molecular weight excluding hydrogens is 215 g/mol. The zero-order valence-corrected chi connectivity index (χ0v) is 11.0. The second-order valence-corrected chi connectivity index (χ2v) is 4.96. The first kappa shape index (κ1) is 14.1. The topological polar surface area (TPSA) is 24.1 Å². The smallest absolute Gasteiger partial charge is 0.123 e. The van der Waals surface area contributed by atoms with Crippen LogP contribution in [0.5, 0.6) is 0 Å². The summed E-state index contributed by atoms with van der Waals surface area (Å²) < 4.78 is 12.9. The Morgan fingerprint density at radius 3 is 2.59 bits per heavy atom. The molecule has 17 heavy (non-hydrogen) atoms. The van der Waals surface area contributed by atoms with Gasteiger partial charge in [-0.3, -0.25) is 0 Å². The average molecular weight is 238 g/mol. The van der Waals surface area contributed by atoms with Crippen molar-refractivity contribution in [1.82, 2.24) is 10.6 Å². The lowest BCUT2D eigenvalue weighted by Crippen LogP contribution is -2.37.